The molecule has 0 saturated carbocycles. The van der Waals surface area contributed by atoms with Gasteiger partial charge in [-0.15, -0.1) is 0 Å². The predicted octanol–water partition coefficient (Wildman–Crippen LogP) is 0.653. The van der Waals surface area contributed by atoms with E-state index in [-0.39, 0.29) is 23.5 Å². The van der Waals surface area contributed by atoms with E-state index >= 15 is 0 Å². The smallest absolute Gasteiger partial charge is 0.292 e. The summed E-state index contributed by atoms with van der Waals surface area (Å²) in [6.07, 6.45) is 0.889. The zero-order valence-electron chi connectivity index (χ0n) is 8.41. The van der Waals surface area contributed by atoms with Crippen molar-refractivity contribution in [2.45, 2.75) is 6.61 Å². The zero-order chi connectivity index (χ0) is 12.3. The molecule has 0 aromatic heterocycles. The first-order valence-corrected chi connectivity index (χ1v) is 5.99. The van der Waals surface area contributed by atoms with Gasteiger partial charge in [-0.05, 0) is 0 Å². The van der Waals surface area contributed by atoms with Gasteiger partial charge in [0.05, 0.1) is 17.8 Å². The van der Waals surface area contributed by atoms with Crippen molar-refractivity contribution in [2.24, 2.45) is 0 Å². The second kappa shape index (κ2) is 4.45. The first-order chi connectivity index (χ1) is 7.31. The number of anilines is 1. The lowest BCUT2D eigenvalue weighted by atomic mass is 10.1. The Labute approximate surface area is 92.1 Å². The molecule has 1 rings (SSSR count). The van der Waals surface area contributed by atoms with Gasteiger partial charge < -0.3 is 5.73 Å². The molecule has 0 amide bonds. The third-order valence-electron chi connectivity index (χ3n) is 1.80. The highest BCUT2D eigenvalue weighted by Gasteiger charge is 2.15. The molecule has 0 radical (unpaired) electrons. The van der Waals surface area contributed by atoms with Gasteiger partial charge in [-0.3, -0.25) is 14.3 Å². The zero-order valence-corrected chi connectivity index (χ0v) is 9.23. The minimum atomic E-state index is -3.60. The number of nitro groups is 1. The molecule has 1 aromatic rings. The third-order valence-corrected chi connectivity index (χ3v) is 2.34. The molecule has 0 aliphatic rings. The molecule has 0 heterocycles. The fraction of sp³-hybridized carbons (Fsp3) is 0.250. The summed E-state index contributed by atoms with van der Waals surface area (Å²) in [4.78, 5) is 9.90. The van der Waals surface area contributed by atoms with Crippen molar-refractivity contribution < 1.29 is 17.5 Å². The number of rotatable bonds is 4. The first kappa shape index (κ1) is 12.4. The van der Waals surface area contributed by atoms with E-state index in [1.165, 1.54) is 18.2 Å². The predicted molar refractivity (Wildman–Crippen MR) is 57.1 cm³/mol. The maximum atomic E-state index is 10.7. The van der Waals surface area contributed by atoms with Crippen molar-refractivity contribution in [1.82, 2.24) is 0 Å². The van der Waals surface area contributed by atoms with Gasteiger partial charge in [0, 0.05) is 11.6 Å². The van der Waals surface area contributed by atoms with Gasteiger partial charge in [0.1, 0.15) is 5.69 Å². The second-order valence-corrected chi connectivity index (χ2v) is 4.72. The lowest BCUT2D eigenvalue weighted by Gasteiger charge is -2.05. The molecule has 0 aliphatic heterocycles. The van der Waals surface area contributed by atoms with E-state index in [2.05, 4.69) is 4.18 Å². The van der Waals surface area contributed by atoms with Gasteiger partial charge in [0.25, 0.3) is 15.8 Å². The molecular weight excluding hydrogens is 236 g/mol. The molecule has 0 bridgehead atoms. The summed E-state index contributed by atoms with van der Waals surface area (Å²) in [5.41, 5.74) is 5.40. The standard InChI is InChI=1S/C8H10N2O5S/c1-16(13,14)15-5-6-3-2-4-7(8(6)9)10(11)12/h2-4H,5,9H2,1H3. The Morgan fingerprint density at radius 1 is 1.50 bits per heavy atom. The molecule has 1 aromatic carbocycles. The monoisotopic (exact) mass is 246 g/mol. The van der Waals surface area contributed by atoms with Gasteiger partial charge >= 0.3 is 0 Å². The number of nitrogen functional groups attached to an aromatic ring is 1. The highest BCUT2D eigenvalue weighted by Crippen LogP contribution is 2.25. The summed E-state index contributed by atoms with van der Waals surface area (Å²) >= 11 is 0. The summed E-state index contributed by atoms with van der Waals surface area (Å²) in [6.45, 7) is -0.313. The largest absolute Gasteiger partial charge is 0.393 e. The topological polar surface area (TPSA) is 113 Å². The van der Waals surface area contributed by atoms with Crippen molar-refractivity contribution in [3.63, 3.8) is 0 Å². The molecular formula is C8H10N2O5S. The van der Waals surface area contributed by atoms with Crippen LogP contribution in [0.5, 0.6) is 0 Å². The highest BCUT2D eigenvalue weighted by molar-refractivity contribution is 7.85. The molecule has 88 valence electrons. The van der Waals surface area contributed by atoms with Crippen molar-refractivity contribution in [1.29, 1.82) is 0 Å². The average Bonchev–Trinajstić information content (AvgIpc) is 2.14. The van der Waals surface area contributed by atoms with Crippen LogP contribution in [-0.2, 0) is 20.9 Å². The van der Waals surface area contributed by atoms with Crippen LogP contribution in [0.3, 0.4) is 0 Å². The van der Waals surface area contributed by atoms with Crippen molar-refractivity contribution in [3.8, 4) is 0 Å². The minimum Gasteiger partial charge on any atom is -0.393 e. The van der Waals surface area contributed by atoms with Crippen LogP contribution in [0.15, 0.2) is 18.2 Å². The third kappa shape index (κ3) is 3.17. The Hall–Kier alpha value is -1.67. The minimum absolute atomic E-state index is 0.0869. The maximum Gasteiger partial charge on any atom is 0.292 e. The van der Waals surface area contributed by atoms with Crippen LogP contribution in [0.25, 0.3) is 0 Å². The van der Waals surface area contributed by atoms with Crippen LogP contribution in [0, 0.1) is 10.1 Å². The van der Waals surface area contributed by atoms with E-state index < -0.39 is 15.0 Å². The van der Waals surface area contributed by atoms with Gasteiger partial charge in [-0.1, -0.05) is 12.1 Å². The molecule has 8 heteroatoms. The number of hydrogen-bond acceptors (Lipinski definition) is 6. The Bertz CT molecular complexity index is 511. The van der Waals surface area contributed by atoms with Gasteiger partial charge in [-0.2, -0.15) is 8.42 Å². The molecule has 2 N–H and O–H groups in total. The van der Waals surface area contributed by atoms with Crippen molar-refractivity contribution in [3.05, 3.63) is 33.9 Å². The first-order valence-electron chi connectivity index (χ1n) is 4.17. The number of nitro benzene ring substituents is 1. The Morgan fingerprint density at radius 2 is 2.12 bits per heavy atom. The van der Waals surface area contributed by atoms with Gasteiger partial charge in [0.15, 0.2) is 0 Å². The molecule has 0 unspecified atom stereocenters. The molecule has 0 saturated heterocycles. The number of hydrogen-bond donors (Lipinski definition) is 1. The molecule has 0 fully saturated rings. The van der Waals surface area contributed by atoms with Crippen LogP contribution in [0.1, 0.15) is 5.56 Å². The SMILES string of the molecule is CS(=O)(=O)OCc1cccc([N+](=O)[O-])c1N. The summed E-state index contributed by atoms with van der Waals surface area (Å²) < 4.78 is 26.0. The van der Waals surface area contributed by atoms with Crippen LogP contribution in [-0.4, -0.2) is 19.6 Å². The summed E-state index contributed by atoms with van der Waals surface area (Å²) in [5, 5.41) is 10.5. The van der Waals surface area contributed by atoms with Crippen molar-refractivity contribution >= 4 is 21.5 Å². The van der Waals surface area contributed by atoms with E-state index in [1.807, 2.05) is 0 Å². The van der Waals surface area contributed by atoms with E-state index in [4.69, 9.17) is 5.73 Å². The fourth-order valence-corrected chi connectivity index (χ4v) is 1.40. The quantitative estimate of drug-likeness (QED) is 0.361. The lowest BCUT2D eigenvalue weighted by molar-refractivity contribution is -0.384. The van der Waals surface area contributed by atoms with Crippen LogP contribution >= 0.6 is 0 Å². The van der Waals surface area contributed by atoms with Gasteiger partial charge in [0.2, 0.25) is 0 Å². The van der Waals surface area contributed by atoms with E-state index in [9.17, 15) is 18.5 Å². The molecule has 0 spiro atoms. The van der Waals surface area contributed by atoms with Crippen LogP contribution in [0.4, 0.5) is 11.4 Å². The number of para-hydroxylation sites is 1. The highest BCUT2D eigenvalue weighted by atomic mass is 32.2. The Balaban J connectivity index is 2.98. The second-order valence-electron chi connectivity index (χ2n) is 3.07. The van der Waals surface area contributed by atoms with Gasteiger partial charge in [-0.25, -0.2) is 0 Å². The lowest BCUT2D eigenvalue weighted by Crippen LogP contribution is -2.06. The maximum absolute atomic E-state index is 10.7. The van der Waals surface area contributed by atoms with E-state index in [0.29, 0.717) is 0 Å². The van der Waals surface area contributed by atoms with Crippen LogP contribution < -0.4 is 5.73 Å². The molecule has 16 heavy (non-hydrogen) atoms. The molecule has 0 aliphatic carbocycles. The number of nitrogens with zero attached hydrogens (tertiary/aromatic N) is 1. The molecule has 7 nitrogen and oxygen atoms in total. The summed E-state index contributed by atoms with van der Waals surface area (Å²) in [7, 11) is -3.60. The number of nitrogens with two attached hydrogens (primary N) is 1. The van der Waals surface area contributed by atoms with E-state index in [1.54, 1.807) is 0 Å². The Morgan fingerprint density at radius 3 is 2.62 bits per heavy atom. The van der Waals surface area contributed by atoms with E-state index in [0.717, 1.165) is 6.26 Å². The normalized spacial score (nSPS) is 11.3. The van der Waals surface area contributed by atoms with Crippen LogP contribution in [0.2, 0.25) is 0 Å². The number of benzene rings is 1. The summed E-state index contributed by atoms with van der Waals surface area (Å²) in [5.74, 6) is 0. The van der Waals surface area contributed by atoms with Crippen molar-refractivity contribution in [2.75, 3.05) is 12.0 Å². The fourth-order valence-electron chi connectivity index (χ4n) is 1.06. The molecule has 0 atom stereocenters. The Kier molecular flexibility index (Phi) is 3.45. The average molecular weight is 246 g/mol. The summed E-state index contributed by atoms with van der Waals surface area (Å²) in [6, 6.07) is 4.11.